The monoisotopic (exact) mass is 236 g/mol. The molecule has 0 aromatic heterocycles. The number of terminal acetylenes is 1. The second-order valence-electron chi connectivity index (χ2n) is 3.96. The SMILES string of the molecule is C#CC(C)(C)NC(=O)c1ccc(N)c(Cl)c1. The summed E-state index contributed by atoms with van der Waals surface area (Å²) in [7, 11) is 0. The summed E-state index contributed by atoms with van der Waals surface area (Å²) in [6.45, 7) is 3.48. The second-order valence-corrected chi connectivity index (χ2v) is 4.37. The van der Waals surface area contributed by atoms with Crippen molar-refractivity contribution in [3.8, 4) is 12.3 Å². The van der Waals surface area contributed by atoms with Crippen LogP contribution in [0.25, 0.3) is 0 Å². The van der Waals surface area contributed by atoms with Gasteiger partial charge >= 0.3 is 0 Å². The number of carbonyl (C=O) groups is 1. The fourth-order valence-electron chi connectivity index (χ4n) is 1.06. The van der Waals surface area contributed by atoms with Gasteiger partial charge in [0.15, 0.2) is 0 Å². The van der Waals surface area contributed by atoms with Gasteiger partial charge in [0.25, 0.3) is 5.91 Å². The first-order chi connectivity index (χ1) is 7.35. The molecule has 0 heterocycles. The third-order valence-corrected chi connectivity index (χ3v) is 2.38. The van der Waals surface area contributed by atoms with Crippen LogP contribution in [0.2, 0.25) is 5.02 Å². The molecule has 0 unspecified atom stereocenters. The van der Waals surface area contributed by atoms with Gasteiger partial charge in [-0.25, -0.2) is 0 Å². The predicted molar refractivity (Wildman–Crippen MR) is 66.2 cm³/mol. The topological polar surface area (TPSA) is 55.1 Å². The van der Waals surface area contributed by atoms with E-state index in [1.54, 1.807) is 26.0 Å². The summed E-state index contributed by atoms with van der Waals surface area (Å²) >= 11 is 5.82. The number of anilines is 1. The molecule has 0 atom stereocenters. The molecule has 0 spiro atoms. The summed E-state index contributed by atoms with van der Waals surface area (Å²) in [5.74, 6) is 2.21. The van der Waals surface area contributed by atoms with E-state index in [2.05, 4.69) is 11.2 Å². The van der Waals surface area contributed by atoms with E-state index in [1.807, 2.05) is 0 Å². The van der Waals surface area contributed by atoms with Gasteiger partial charge in [0, 0.05) is 5.56 Å². The highest BCUT2D eigenvalue weighted by Gasteiger charge is 2.18. The quantitative estimate of drug-likeness (QED) is 0.610. The number of carbonyl (C=O) groups excluding carboxylic acids is 1. The molecule has 3 nitrogen and oxygen atoms in total. The number of amides is 1. The first-order valence-electron chi connectivity index (χ1n) is 4.71. The largest absolute Gasteiger partial charge is 0.398 e. The summed E-state index contributed by atoms with van der Waals surface area (Å²) in [6, 6.07) is 4.70. The average Bonchev–Trinajstić information content (AvgIpc) is 2.21. The van der Waals surface area contributed by atoms with Crippen LogP contribution in [0.4, 0.5) is 5.69 Å². The van der Waals surface area contributed by atoms with Gasteiger partial charge in [0.1, 0.15) is 0 Å². The average molecular weight is 237 g/mol. The van der Waals surface area contributed by atoms with Crippen LogP contribution in [-0.4, -0.2) is 11.4 Å². The van der Waals surface area contributed by atoms with Crippen molar-refractivity contribution in [1.82, 2.24) is 5.32 Å². The lowest BCUT2D eigenvalue weighted by Gasteiger charge is -2.19. The fraction of sp³-hybridized carbons (Fsp3) is 0.250. The lowest BCUT2D eigenvalue weighted by Crippen LogP contribution is -2.42. The smallest absolute Gasteiger partial charge is 0.252 e. The highest BCUT2D eigenvalue weighted by atomic mass is 35.5. The number of hydrogen-bond acceptors (Lipinski definition) is 2. The zero-order valence-electron chi connectivity index (χ0n) is 9.17. The van der Waals surface area contributed by atoms with Crippen molar-refractivity contribution >= 4 is 23.2 Å². The molecule has 0 aliphatic heterocycles. The van der Waals surface area contributed by atoms with Crippen molar-refractivity contribution in [2.45, 2.75) is 19.4 Å². The fourth-order valence-corrected chi connectivity index (χ4v) is 1.24. The van der Waals surface area contributed by atoms with Crippen molar-refractivity contribution in [3.05, 3.63) is 28.8 Å². The molecule has 1 rings (SSSR count). The molecule has 0 aliphatic rings. The Morgan fingerprint density at radius 3 is 2.69 bits per heavy atom. The number of nitrogens with one attached hydrogen (secondary N) is 1. The Hall–Kier alpha value is -1.66. The Morgan fingerprint density at radius 2 is 2.19 bits per heavy atom. The number of benzene rings is 1. The third kappa shape index (κ3) is 2.91. The highest BCUT2D eigenvalue weighted by molar-refractivity contribution is 6.33. The molecule has 0 saturated carbocycles. The van der Waals surface area contributed by atoms with Crippen molar-refractivity contribution in [2.24, 2.45) is 0 Å². The molecular formula is C12H13ClN2O. The minimum Gasteiger partial charge on any atom is -0.398 e. The number of nitrogens with two attached hydrogens (primary N) is 1. The van der Waals surface area contributed by atoms with Gasteiger partial charge in [0.05, 0.1) is 16.2 Å². The van der Waals surface area contributed by atoms with E-state index < -0.39 is 5.54 Å². The molecule has 0 saturated heterocycles. The Kier molecular flexibility index (Phi) is 3.46. The Bertz CT molecular complexity index is 461. The van der Waals surface area contributed by atoms with Gasteiger partial charge in [-0.2, -0.15) is 0 Å². The standard InChI is InChI=1S/C12H13ClN2O/c1-4-12(2,3)15-11(16)8-5-6-10(14)9(13)7-8/h1,5-7H,14H2,2-3H3,(H,15,16). The number of nitrogen functional groups attached to an aromatic ring is 1. The maximum Gasteiger partial charge on any atom is 0.252 e. The summed E-state index contributed by atoms with van der Waals surface area (Å²) in [5, 5.41) is 3.05. The number of hydrogen-bond donors (Lipinski definition) is 2. The molecule has 0 aliphatic carbocycles. The summed E-state index contributed by atoms with van der Waals surface area (Å²) in [6.07, 6.45) is 5.28. The van der Waals surface area contributed by atoms with Crippen LogP contribution in [0, 0.1) is 12.3 Å². The Balaban J connectivity index is 2.91. The van der Waals surface area contributed by atoms with E-state index in [-0.39, 0.29) is 5.91 Å². The van der Waals surface area contributed by atoms with E-state index in [9.17, 15) is 4.79 Å². The van der Waals surface area contributed by atoms with E-state index in [1.165, 1.54) is 6.07 Å². The van der Waals surface area contributed by atoms with Crippen LogP contribution >= 0.6 is 11.6 Å². The first kappa shape index (κ1) is 12.4. The lowest BCUT2D eigenvalue weighted by atomic mass is 10.1. The van der Waals surface area contributed by atoms with Gasteiger partial charge in [-0.15, -0.1) is 6.42 Å². The summed E-state index contributed by atoms with van der Waals surface area (Å²) in [4.78, 5) is 11.8. The zero-order chi connectivity index (χ0) is 12.3. The number of halogens is 1. The molecule has 1 amide bonds. The lowest BCUT2D eigenvalue weighted by molar-refractivity contribution is 0.0930. The molecule has 16 heavy (non-hydrogen) atoms. The van der Waals surface area contributed by atoms with E-state index in [4.69, 9.17) is 23.8 Å². The molecule has 1 aromatic rings. The summed E-state index contributed by atoms with van der Waals surface area (Å²) in [5.41, 5.74) is 5.73. The molecule has 0 bridgehead atoms. The van der Waals surface area contributed by atoms with Crippen LogP contribution < -0.4 is 11.1 Å². The van der Waals surface area contributed by atoms with Crippen molar-refractivity contribution in [1.29, 1.82) is 0 Å². The minimum atomic E-state index is -0.690. The molecular weight excluding hydrogens is 224 g/mol. The van der Waals surface area contributed by atoms with Gasteiger partial charge in [-0.1, -0.05) is 17.5 Å². The molecule has 4 heteroatoms. The van der Waals surface area contributed by atoms with Gasteiger partial charge in [-0.3, -0.25) is 4.79 Å². The second kappa shape index (κ2) is 4.46. The highest BCUT2D eigenvalue weighted by Crippen LogP contribution is 2.19. The maximum atomic E-state index is 11.8. The summed E-state index contributed by atoms with van der Waals surface area (Å²) < 4.78 is 0. The van der Waals surface area contributed by atoms with Gasteiger partial charge in [0.2, 0.25) is 0 Å². The van der Waals surface area contributed by atoms with E-state index in [0.717, 1.165) is 0 Å². The molecule has 3 N–H and O–H groups in total. The van der Waals surface area contributed by atoms with Gasteiger partial charge < -0.3 is 11.1 Å². The number of rotatable bonds is 2. The van der Waals surface area contributed by atoms with Crippen molar-refractivity contribution < 1.29 is 4.79 Å². The van der Waals surface area contributed by atoms with E-state index in [0.29, 0.717) is 16.3 Å². The normalized spacial score (nSPS) is 10.6. The van der Waals surface area contributed by atoms with Gasteiger partial charge in [-0.05, 0) is 32.0 Å². The van der Waals surface area contributed by atoms with Crippen LogP contribution in [-0.2, 0) is 0 Å². The minimum absolute atomic E-state index is 0.273. The Morgan fingerprint density at radius 1 is 1.56 bits per heavy atom. The van der Waals surface area contributed by atoms with Crippen molar-refractivity contribution in [2.75, 3.05) is 5.73 Å². The van der Waals surface area contributed by atoms with Crippen LogP contribution in [0.1, 0.15) is 24.2 Å². The maximum absolute atomic E-state index is 11.8. The van der Waals surface area contributed by atoms with Crippen LogP contribution in [0.15, 0.2) is 18.2 Å². The van der Waals surface area contributed by atoms with Crippen LogP contribution in [0.3, 0.4) is 0 Å². The Labute approximate surface area is 100.0 Å². The third-order valence-electron chi connectivity index (χ3n) is 2.05. The van der Waals surface area contributed by atoms with E-state index >= 15 is 0 Å². The molecule has 1 aromatic carbocycles. The molecule has 84 valence electrons. The predicted octanol–water partition coefficient (Wildman–Crippen LogP) is 2.06. The first-order valence-corrected chi connectivity index (χ1v) is 5.09. The zero-order valence-corrected chi connectivity index (χ0v) is 9.93. The molecule has 0 fully saturated rings. The van der Waals surface area contributed by atoms with Crippen molar-refractivity contribution in [3.63, 3.8) is 0 Å². The van der Waals surface area contributed by atoms with Crippen LogP contribution in [0.5, 0.6) is 0 Å². The molecule has 0 radical (unpaired) electrons.